The van der Waals surface area contributed by atoms with E-state index in [1.165, 1.54) is 27.1 Å². The second kappa shape index (κ2) is 7.38. The second-order valence-corrected chi connectivity index (χ2v) is 7.50. The van der Waals surface area contributed by atoms with Crippen LogP contribution in [0.15, 0.2) is 40.3 Å². The van der Waals surface area contributed by atoms with Crippen molar-refractivity contribution in [2.24, 2.45) is 0 Å². The van der Waals surface area contributed by atoms with Crippen molar-refractivity contribution in [3.8, 4) is 0 Å². The predicted molar refractivity (Wildman–Crippen MR) is 103 cm³/mol. The van der Waals surface area contributed by atoms with Crippen molar-refractivity contribution in [3.63, 3.8) is 0 Å². The van der Waals surface area contributed by atoms with Crippen LogP contribution in [-0.2, 0) is 24.4 Å². The van der Waals surface area contributed by atoms with Gasteiger partial charge in [0.2, 0.25) is 5.91 Å². The second-order valence-electron chi connectivity index (χ2n) is 5.86. The Labute approximate surface area is 158 Å². The molecular formula is C17H18N4O3S2. The van der Waals surface area contributed by atoms with Crippen molar-refractivity contribution in [1.82, 2.24) is 19.0 Å². The third-order valence-corrected chi connectivity index (χ3v) is 5.30. The average Bonchev–Trinajstić information content (AvgIpc) is 3.14. The van der Waals surface area contributed by atoms with E-state index >= 15 is 0 Å². The molecule has 0 aliphatic rings. The Bertz CT molecular complexity index is 1090. The standard InChI is InChI=1S/C17H18N4O3S2/c1-4-7-21-15-14(26-17(21)25)16(23)20(10-18-15)9-13(22)19(3)8-12-6-5-11(2)24-12/h4-6,10H,1,7-9H2,2-3H3. The molecule has 9 heteroatoms. The smallest absolute Gasteiger partial charge is 0.273 e. The highest BCUT2D eigenvalue weighted by atomic mass is 32.1. The normalized spacial score (nSPS) is 11.0. The lowest BCUT2D eigenvalue weighted by Gasteiger charge is -2.16. The van der Waals surface area contributed by atoms with Crippen LogP contribution in [0.4, 0.5) is 0 Å². The highest BCUT2D eigenvalue weighted by molar-refractivity contribution is 7.73. The molecule has 0 N–H and O–H groups in total. The molecule has 0 saturated heterocycles. The van der Waals surface area contributed by atoms with Crippen LogP contribution in [0, 0.1) is 10.9 Å². The van der Waals surface area contributed by atoms with Crippen molar-refractivity contribution in [2.75, 3.05) is 7.05 Å². The molecular weight excluding hydrogens is 372 g/mol. The van der Waals surface area contributed by atoms with E-state index in [1.807, 2.05) is 19.1 Å². The Hall–Kier alpha value is -2.52. The molecule has 3 heterocycles. The number of fused-ring (bicyclic) bond motifs is 1. The van der Waals surface area contributed by atoms with Crippen molar-refractivity contribution >= 4 is 39.8 Å². The van der Waals surface area contributed by atoms with E-state index in [0.29, 0.717) is 33.2 Å². The lowest BCUT2D eigenvalue weighted by molar-refractivity contribution is -0.131. The molecule has 3 aromatic rings. The summed E-state index contributed by atoms with van der Waals surface area (Å²) in [5.41, 5.74) is 0.248. The van der Waals surface area contributed by atoms with Crippen molar-refractivity contribution in [2.45, 2.75) is 26.6 Å². The number of rotatable bonds is 6. The minimum absolute atomic E-state index is 0.0932. The maximum atomic E-state index is 12.7. The van der Waals surface area contributed by atoms with Crippen LogP contribution in [0.2, 0.25) is 0 Å². The van der Waals surface area contributed by atoms with Gasteiger partial charge in [0, 0.05) is 13.6 Å². The van der Waals surface area contributed by atoms with E-state index in [4.69, 9.17) is 16.6 Å². The third kappa shape index (κ3) is 3.54. The van der Waals surface area contributed by atoms with Gasteiger partial charge in [0.1, 0.15) is 29.1 Å². The molecule has 0 spiro atoms. The molecule has 0 fully saturated rings. The SMILES string of the molecule is C=CCn1c(=S)sc2c(=O)n(CC(=O)N(C)Cc3ccc(C)o3)cnc21. The molecule has 0 saturated carbocycles. The number of hydrogen-bond acceptors (Lipinski definition) is 6. The summed E-state index contributed by atoms with van der Waals surface area (Å²) in [5.74, 6) is 1.27. The quantitative estimate of drug-likeness (QED) is 0.478. The lowest BCUT2D eigenvalue weighted by atomic mass is 10.4. The molecule has 0 aromatic carbocycles. The summed E-state index contributed by atoms with van der Waals surface area (Å²) in [6, 6.07) is 3.67. The summed E-state index contributed by atoms with van der Waals surface area (Å²) in [4.78, 5) is 31.0. The van der Waals surface area contributed by atoms with Gasteiger partial charge in [0.15, 0.2) is 9.60 Å². The van der Waals surface area contributed by atoms with Gasteiger partial charge in [-0.3, -0.25) is 14.2 Å². The van der Waals surface area contributed by atoms with Crippen molar-refractivity contribution in [1.29, 1.82) is 0 Å². The predicted octanol–water partition coefficient (Wildman–Crippen LogP) is 2.74. The lowest BCUT2D eigenvalue weighted by Crippen LogP contribution is -2.33. The fourth-order valence-corrected chi connectivity index (χ4v) is 3.85. The summed E-state index contributed by atoms with van der Waals surface area (Å²) in [7, 11) is 1.67. The van der Waals surface area contributed by atoms with E-state index in [2.05, 4.69) is 11.6 Å². The number of amides is 1. The summed E-state index contributed by atoms with van der Waals surface area (Å²) >= 11 is 6.48. The van der Waals surface area contributed by atoms with Gasteiger partial charge in [0.05, 0.1) is 6.54 Å². The maximum Gasteiger partial charge on any atom is 0.273 e. The Kier molecular flexibility index (Phi) is 5.19. The number of likely N-dealkylation sites (N-methyl/N-ethyl adjacent to an activating group) is 1. The Morgan fingerprint density at radius 1 is 1.50 bits per heavy atom. The molecule has 0 atom stereocenters. The number of aryl methyl sites for hydroxylation is 1. The number of allylic oxidation sites excluding steroid dienone is 1. The summed E-state index contributed by atoms with van der Waals surface area (Å²) in [5, 5.41) is 0. The maximum absolute atomic E-state index is 12.7. The highest BCUT2D eigenvalue weighted by Gasteiger charge is 2.16. The van der Waals surface area contributed by atoms with Crippen molar-refractivity contribution in [3.05, 3.63) is 56.9 Å². The van der Waals surface area contributed by atoms with E-state index in [0.717, 1.165) is 5.76 Å². The van der Waals surface area contributed by atoms with Gasteiger partial charge >= 0.3 is 0 Å². The van der Waals surface area contributed by atoms with Crippen LogP contribution in [0.1, 0.15) is 11.5 Å². The summed E-state index contributed by atoms with van der Waals surface area (Å²) in [6.45, 7) is 6.26. The largest absolute Gasteiger partial charge is 0.464 e. The molecule has 1 amide bonds. The van der Waals surface area contributed by atoms with Gasteiger partial charge in [-0.1, -0.05) is 17.4 Å². The van der Waals surface area contributed by atoms with Gasteiger partial charge < -0.3 is 13.9 Å². The number of furan rings is 1. The Morgan fingerprint density at radius 2 is 2.27 bits per heavy atom. The van der Waals surface area contributed by atoms with Gasteiger partial charge in [0.25, 0.3) is 5.56 Å². The van der Waals surface area contributed by atoms with Crippen LogP contribution in [0.3, 0.4) is 0 Å². The first-order chi connectivity index (χ1) is 12.4. The number of carbonyl (C=O) groups is 1. The zero-order chi connectivity index (χ0) is 18.8. The minimum Gasteiger partial charge on any atom is -0.464 e. The molecule has 3 aromatic heterocycles. The molecule has 3 rings (SSSR count). The molecule has 0 aliphatic heterocycles. The number of nitrogens with zero attached hydrogens (tertiary/aromatic N) is 4. The van der Waals surface area contributed by atoms with Gasteiger partial charge in [-0.05, 0) is 31.3 Å². The number of thiazole rings is 1. The van der Waals surface area contributed by atoms with E-state index < -0.39 is 0 Å². The van der Waals surface area contributed by atoms with Crippen LogP contribution >= 0.6 is 23.6 Å². The molecule has 0 aliphatic carbocycles. The summed E-state index contributed by atoms with van der Waals surface area (Å²) in [6.07, 6.45) is 3.08. The number of aromatic nitrogens is 3. The van der Waals surface area contributed by atoms with Crippen LogP contribution in [0.5, 0.6) is 0 Å². The number of hydrogen-bond donors (Lipinski definition) is 0. The minimum atomic E-state index is -0.274. The van der Waals surface area contributed by atoms with Crippen LogP contribution in [0.25, 0.3) is 10.3 Å². The first-order valence-corrected chi connectivity index (χ1v) is 9.12. The zero-order valence-corrected chi connectivity index (χ0v) is 16.1. The first kappa shape index (κ1) is 18.3. The average molecular weight is 390 g/mol. The van der Waals surface area contributed by atoms with Gasteiger partial charge in [-0.2, -0.15) is 0 Å². The first-order valence-electron chi connectivity index (χ1n) is 7.89. The fourth-order valence-electron chi connectivity index (χ4n) is 2.53. The highest BCUT2D eigenvalue weighted by Crippen LogP contribution is 2.17. The van der Waals surface area contributed by atoms with E-state index in [-0.39, 0.29) is 18.0 Å². The van der Waals surface area contributed by atoms with Crippen LogP contribution in [-0.4, -0.2) is 32.0 Å². The van der Waals surface area contributed by atoms with Gasteiger partial charge in [-0.15, -0.1) is 6.58 Å². The summed E-state index contributed by atoms with van der Waals surface area (Å²) < 4.78 is 9.53. The van der Waals surface area contributed by atoms with Crippen LogP contribution < -0.4 is 5.56 Å². The topological polar surface area (TPSA) is 73.3 Å². The zero-order valence-electron chi connectivity index (χ0n) is 14.5. The van der Waals surface area contributed by atoms with E-state index in [1.54, 1.807) is 17.7 Å². The molecule has 0 radical (unpaired) electrons. The molecule has 136 valence electrons. The van der Waals surface area contributed by atoms with Gasteiger partial charge in [-0.25, -0.2) is 4.98 Å². The monoisotopic (exact) mass is 390 g/mol. The Balaban J connectivity index is 1.83. The molecule has 26 heavy (non-hydrogen) atoms. The molecule has 7 nitrogen and oxygen atoms in total. The molecule has 0 bridgehead atoms. The number of carbonyl (C=O) groups excluding carboxylic acids is 1. The fraction of sp³-hybridized carbons (Fsp3) is 0.294. The molecule has 0 unspecified atom stereocenters. The Morgan fingerprint density at radius 3 is 2.92 bits per heavy atom. The van der Waals surface area contributed by atoms with Crippen molar-refractivity contribution < 1.29 is 9.21 Å². The van der Waals surface area contributed by atoms with E-state index in [9.17, 15) is 9.59 Å². The third-order valence-electron chi connectivity index (χ3n) is 3.88.